The van der Waals surface area contributed by atoms with Crippen LogP contribution in [-0.4, -0.2) is 18.1 Å². The van der Waals surface area contributed by atoms with Crippen molar-refractivity contribution in [2.45, 2.75) is 39.7 Å². The third kappa shape index (κ3) is 4.29. The second-order valence-electron chi connectivity index (χ2n) is 8.40. The van der Waals surface area contributed by atoms with Crippen molar-refractivity contribution in [1.29, 1.82) is 0 Å². The van der Waals surface area contributed by atoms with Gasteiger partial charge in [-0.05, 0) is 55.0 Å². The van der Waals surface area contributed by atoms with Crippen LogP contribution in [0.25, 0.3) is 10.9 Å². The average molecular weight is 387 g/mol. The molecule has 1 aliphatic carbocycles. The highest BCUT2D eigenvalue weighted by atomic mass is 16.5. The molecule has 29 heavy (non-hydrogen) atoms. The van der Waals surface area contributed by atoms with E-state index in [-0.39, 0.29) is 0 Å². The lowest BCUT2D eigenvalue weighted by molar-refractivity contribution is 0.405. The summed E-state index contributed by atoms with van der Waals surface area (Å²) >= 11 is 0. The first kappa shape index (κ1) is 19.5. The number of rotatable bonds is 5. The minimum absolute atomic E-state index is 0.349. The van der Waals surface area contributed by atoms with Gasteiger partial charge >= 0.3 is 0 Å². The molecule has 3 nitrogen and oxygen atoms in total. The first-order valence-electron chi connectivity index (χ1n) is 10.5. The molecule has 4 rings (SSSR count). The van der Waals surface area contributed by atoms with Gasteiger partial charge < -0.3 is 10.1 Å². The Morgan fingerprint density at radius 3 is 2.72 bits per heavy atom. The maximum Gasteiger partial charge on any atom is 0.119 e. The van der Waals surface area contributed by atoms with Crippen LogP contribution in [0, 0.1) is 11.8 Å². The van der Waals surface area contributed by atoms with E-state index in [9.17, 15) is 0 Å². The van der Waals surface area contributed by atoms with E-state index in [2.05, 4.69) is 74.6 Å². The maximum absolute atomic E-state index is 5.38. The van der Waals surface area contributed by atoms with Gasteiger partial charge in [-0.25, -0.2) is 0 Å². The molecule has 0 bridgehead atoms. The molecule has 0 fully saturated rings. The van der Waals surface area contributed by atoms with Gasteiger partial charge in [0.1, 0.15) is 5.75 Å². The van der Waals surface area contributed by atoms with E-state index in [1.165, 1.54) is 28.6 Å². The predicted molar refractivity (Wildman–Crippen MR) is 122 cm³/mol. The van der Waals surface area contributed by atoms with Crippen molar-refractivity contribution < 1.29 is 4.74 Å². The molecule has 0 saturated heterocycles. The van der Waals surface area contributed by atoms with Gasteiger partial charge in [-0.2, -0.15) is 0 Å². The summed E-state index contributed by atoms with van der Waals surface area (Å²) in [5, 5.41) is 5.01. The van der Waals surface area contributed by atoms with Gasteiger partial charge in [-0.1, -0.05) is 55.8 Å². The lowest BCUT2D eigenvalue weighted by Crippen LogP contribution is -2.31. The average Bonchev–Trinajstić information content (AvgIpc) is 2.72. The summed E-state index contributed by atoms with van der Waals surface area (Å²) in [6.07, 6.45) is 4.41. The minimum Gasteiger partial charge on any atom is -0.497 e. The van der Waals surface area contributed by atoms with E-state index in [4.69, 9.17) is 9.72 Å². The third-order valence-electron chi connectivity index (χ3n) is 6.17. The Labute approximate surface area is 173 Å². The molecular formula is C26H30N2O. The van der Waals surface area contributed by atoms with Crippen LogP contribution < -0.4 is 10.1 Å². The molecule has 0 saturated carbocycles. The molecule has 1 heterocycles. The number of methoxy groups -OCH3 is 1. The van der Waals surface area contributed by atoms with Crippen LogP contribution >= 0.6 is 0 Å². The number of pyridine rings is 1. The van der Waals surface area contributed by atoms with Gasteiger partial charge in [0.2, 0.25) is 0 Å². The Bertz CT molecular complexity index is 1040. The van der Waals surface area contributed by atoms with Crippen LogP contribution in [-0.2, 0) is 6.42 Å². The molecule has 3 atom stereocenters. The number of hydrogen-bond donors (Lipinski definition) is 1. The van der Waals surface area contributed by atoms with E-state index < -0.39 is 0 Å². The Balaban J connectivity index is 1.69. The number of allylic oxidation sites excluding steroid dienone is 1. The van der Waals surface area contributed by atoms with E-state index in [1.54, 1.807) is 7.11 Å². The molecule has 0 spiro atoms. The van der Waals surface area contributed by atoms with Gasteiger partial charge in [0.25, 0.3) is 0 Å². The monoisotopic (exact) mass is 386 g/mol. The quantitative estimate of drug-likeness (QED) is 0.527. The minimum atomic E-state index is 0.349. The first-order chi connectivity index (χ1) is 14.0. The number of nitrogens with zero attached hydrogens (tertiary/aromatic N) is 1. The molecule has 1 N–H and O–H groups in total. The zero-order valence-electron chi connectivity index (χ0n) is 17.8. The predicted octanol–water partition coefficient (Wildman–Crippen LogP) is 6.24. The van der Waals surface area contributed by atoms with Gasteiger partial charge in [-0.3, -0.25) is 4.98 Å². The number of hydrogen-bond acceptors (Lipinski definition) is 3. The lowest BCUT2D eigenvalue weighted by atomic mass is 9.80. The van der Waals surface area contributed by atoms with Crippen LogP contribution in [0.2, 0.25) is 0 Å². The van der Waals surface area contributed by atoms with Crippen molar-refractivity contribution in [2.75, 3.05) is 12.4 Å². The van der Waals surface area contributed by atoms with Crippen LogP contribution in [0.1, 0.15) is 38.4 Å². The van der Waals surface area contributed by atoms with Crippen molar-refractivity contribution in [3.8, 4) is 5.75 Å². The van der Waals surface area contributed by atoms with E-state index in [0.29, 0.717) is 17.9 Å². The van der Waals surface area contributed by atoms with E-state index >= 15 is 0 Å². The molecule has 1 aromatic heterocycles. The standard InChI is InChI=1S/C26H30N2O/c1-17-12-19(3)25(13-18(17)2)28-26-16-21(27-24-11-6-5-10-23(24)26)14-20-8-7-9-22(15-20)29-4/h5-11,13,15-17,19,25H,12,14H2,1-4H3,(H,27,28). The highest BCUT2D eigenvalue weighted by molar-refractivity contribution is 5.91. The molecule has 2 aromatic carbocycles. The maximum atomic E-state index is 5.38. The molecule has 1 aliphatic rings. The van der Waals surface area contributed by atoms with Crippen LogP contribution in [0.3, 0.4) is 0 Å². The number of nitrogens with one attached hydrogen (secondary N) is 1. The Hall–Kier alpha value is -2.81. The molecule has 0 amide bonds. The molecule has 0 radical (unpaired) electrons. The van der Waals surface area contributed by atoms with Gasteiger partial charge in [0.05, 0.1) is 12.6 Å². The van der Waals surface area contributed by atoms with Crippen LogP contribution in [0.15, 0.2) is 66.2 Å². The fraction of sp³-hybridized carbons (Fsp3) is 0.346. The zero-order chi connectivity index (χ0) is 20.4. The summed E-state index contributed by atoms with van der Waals surface area (Å²) in [5.41, 5.74) is 5.96. The van der Waals surface area contributed by atoms with Crippen molar-refractivity contribution in [3.05, 3.63) is 77.5 Å². The third-order valence-corrected chi connectivity index (χ3v) is 6.17. The lowest BCUT2D eigenvalue weighted by Gasteiger charge is -2.32. The number of aromatic nitrogens is 1. The summed E-state index contributed by atoms with van der Waals surface area (Å²) < 4.78 is 5.38. The number of para-hydroxylation sites is 1. The van der Waals surface area contributed by atoms with Gasteiger partial charge in [0, 0.05) is 29.2 Å². The fourth-order valence-electron chi connectivity index (χ4n) is 4.30. The second kappa shape index (κ2) is 8.28. The Morgan fingerprint density at radius 2 is 1.90 bits per heavy atom. The first-order valence-corrected chi connectivity index (χ1v) is 10.5. The molecular weight excluding hydrogens is 356 g/mol. The number of benzene rings is 2. The summed E-state index contributed by atoms with van der Waals surface area (Å²) in [7, 11) is 1.71. The molecule has 150 valence electrons. The molecule has 0 aliphatic heterocycles. The highest BCUT2D eigenvalue weighted by Gasteiger charge is 2.24. The van der Waals surface area contributed by atoms with Crippen molar-refractivity contribution >= 4 is 16.6 Å². The number of fused-ring (bicyclic) bond motifs is 1. The van der Waals surface area contributed by atoms with E-state index in [1.807, 2.05) is 12.1 Å². The second-order valence-corrected chi connectivity index (χ2v) is 8.40. The summed E-state index contributed by atoms with van der Waals surface area (Å²) in [6, 6.07) is 19.2. The number of ether oxygens (including phenoxy) is 1. The Morgan fingerprint density at radius 1 is 1.07 bits per heavy atom. The topological polar surface area (TPSA) is 34.1 Å². The van der Waals surface area contributed by atoms with Gasteiger partial charge in [0.15, 0.2) is 0 Å². The van der Waals surface area contributed by atoms with E-state index in [0.717, 1.165) is 23.4 Å². The molecule has 3 heteroatoms. The van der Waals surface area contributed by atoms with Crippen molar-refractivity contribution in [1.82, 2.24) is 4.98 Å². The summed E-state index contributed by atoms with van der Waals surface area (Å²) in [4.78, 5) is 4.93. The van der Waals surface area contributed by atoms with Gasteiger partial charge in [-0.15, -0.1) is 0 Å². The molecule has 3 unspecified atom stereocenters. The van der Waals surface area contributed by atoms with Crippen LogP contribution in [0.4, 0.5) is 5.69 Å². The molecule has 3 aromatic rings. The smallest absolute Gasteiger partial charge is 0.119 e. The van der Waals surface area contributed by atoms with Crippen LogP contribution in [0.5, 0.6) is 5.75 Å². The largest absolute Gasteiger partial charge is 0.497 e. The fourth-order valence-corrected chi connectivity index (χ4v) is 4.30. The van der Waals surface area contributed by atoms with Crippen molar-refractivity contribution in [3.63, 3.8) is 0 Å². The summed E-state index contributed by atoms with van der Waals surface area (Å²) in [6.45, 7) is 6.92. The Kier molecular flexibility index (Phi) is 5.57. The number of anilines is 1. The highest BCUT2D eigenvalue weighted by Crippen LogP contribution is 2.32. The SMILES string of the molecule is COc1cccc(Cc2cc(NC3C=C(C)C(C)CC3C)c3ccccc3n2)c1. The summed E-state index contributed by atoms with van der Waals surface area (Å²) in [5.74, 6) is 2.15. The normalized spacial score (nSPS) is 21.7. The zero-order valence-corrected chi connectivity index (χ0v) is 17.8. The van der Waals surface area contributed by atoms with Crippen molar-refractivity contribution in [2.24, 2.45) is 11.8 Å².